The van der Waals surface area contributed by atoms with Gasteiger partial charge in [-0.05, 0) is 32.3 Å². The number of carbonyl (C=O) groups excluding carboxylic acids is 1. The maximum atomic E-state index is 11.9. The van der Waals surface area contributed by atoms with Gasteiger partial charge in [-0.2, -0.15) is 0 Å². The standard InChI is InChI=1S/C15H22N2O3/c1-10(12-7-6-11(20-2)9-14(12)18)17-13-5-3-4-8-16-15(13)19/h6-7,9-10,13,17-18H,3-5,8H2,1-2H3,(H,16,19). The summed E-state index contributed by atoms with van der Waals surface area (Å²) in [6.45, 7) is 2.69. The summed E-state index contributed by atoms with van der Waals surface area (Å²) in [6.07, 6.45) is 2.87. The average molecular weight is 278 g/mol. The summed E-state index contributed by atoms with van der Waals surface area (Å²) in [4.78, 5) is 11.9. The molecule has 0 radical (unpaired) electrons. The summed E-state index contributed by atoms with van der Waals surface area (Å²) in [5.74, 6) is 0.839. The molecule has 0 spiro atoms. The molecule has 0 aliphatic carbocycles. The van der Waals surface area contributed by atoms with Gasteiger partial charge in [0, 0.05) is 24.2 Å². The Morgan fingerprint density at radius 2 is 2.25 bits per heavy atom. The van der Waals surface area contributed by atoms with Crippen molar-refractivity contribution >= 4 is 5.91 Å². The molecule has 0 aromatic heterocycles. The molecule has 1 aromatic rings. The molecule has 1 aromatic carbocycles. The lowest BCUT2D eigenvalue weighted by Gasteiger charge is -2.22. The fraction of sp³-hybridized carbons (Fsp3) is 0.533. The second-order valence-corrected chi connectivity index (χ2v) is 5.15. The molecule has 1 aliphatic heterocycles. The molecule has 0 saturated carbocycles. The van der Waals surface area contributed by atoms with Crippen molar-refractivity contribution in [2.75, 3.05) is 13.7 Å². The fourth-order valence-electron chi connectivity index (χ4n) is 2.51. The first kappa shape index (κ1) is 14.7. The number of hydrogen-bond donors (Lipinski definition) is 3. The number of hydrogen-bond acceptors (Lipinski definition) is 4. The molecule has 0 bridgehead atoms. The first-order valence-electron chi connectivity index (χ1n) is 7.02. The van der Waals surface area contributed by atoms with Crippen LogP contribution in [0, 0.1) is 0 Å². The predicted octanol–water partition coefficient (Wildman–Crippen LogP) is 1.72. The molecular weight excluding hydrogens is 256 g/mol. The lowest BCUT2D eigenvalue weighted by molar-refractivity contribution is -0.123. The Morgan fingerprint density at radius 3 is 2.95 bits per heavy atom. The van der Waals surface area contributed by atoms with Crippen molar-refractivity contribution in [2.24, 2.45) is 0 Å². The molecule has 5 heteroatoms. The molecule has 1 heterocycles. The van der Waals surface area contributed by atoms with Gasteiger partial charge >= 0.3 is 0 Å². The van der Waals surface area contributed by atoms with Crippen molar-refractivity contribution in [3.63, 3.8) is 0 Å². The van der Waals surface area contributed by atoms with Crippen LogP contribution in [0.3, 0.4) is 0 Å². The van der Waals surface area contributed by atoms with E-state index in [9.17, 15) is 9.90 Å². The number of rotatable bonds is 4. The molecule has 2 unspecified atom stereocenters. The lowest BCUT2D eigenvalue weighted by atomic mass is 10.0. The Kier molecular flexibility index (Phi) is 4.84. The van der Waals surface area contributed by atoms with Crippen molar-refractivity contribution in [3.8, 4) is 11.5 Å². The van der Waals surface area contributed by atoms with Crippen LogP contribution in [0.4, 0.5) is 0 Å². The van der Waals surface area contributed by atoms with Gasteiger partial charge < -0.3 is 15.2 Å². The molecule has 3 N–H and O–H groups in total. The van der Waals surface area contributed by atoms with Gasteiger partial charge in [0.2, 0.25) is 5.91 Å². The summed E-state index contributed by atoms with van der Waals surface area (Å²) in [5, 5.41) is 16.2. The van der Waals surface area contributed by atoms with E-state index in [2.05, 4.69) is 10.6 Å². The van der Waals surface area contributed by atoms with Gasteiger partial charge in [-0.15, -0.1) is 0 Å². The first-order valence-corrected chi connectivity index (χ1v) is 7.02. The molecular formula is C15H22N2O3. The van der Waals surface area contributed by atoms with E-state index >= 15 is 0 Å². The second-order valence-electron chi connectivity index (χ2n) is 5.15. The van der Waals surface area contributed by atoms with E-state index in [1.807, 2.05) is 13.0 Å². The average Bonchev–Trinajstić information content (AvgIpc) is 2.64. The number of benzene rings is 1. The van der Waals surface area contributed by atoms with Gasteiger partial charge in [0.15, 0.2) is 0 Å². The van der Waals surface area contributed by atoms with Crippen LogP contribution in [0.15, 0.2) is 18.2 Å². The van der Waals surface area contributed by atoms with Crippen LogP contribution in [0.25, 0.3) is 0 Å². The zero-order valence-corrected chi connectivity index (χ0v) is 12.0. The van der Waals surface area contributed by atoms with Crippen LogP contribution in [0.5, 0.6) is 11.5 Å². The largest absolute Gasteiger partial charge is 0.507 e. The highest BCUT2D eigenvalue weighted by Gasteiger charge is 2.23. The molecule has 5 nitrogen and oxygen atoms in total. The van der Waals surface area contributed by atoms with Crippen molar-refractivity contribution in [3.05, 3.63) is 23.8 Å². The van der Waals surface area contributed by atoms with Gasteiger partial charge in [0.25, 0.3) is 0 Å². The van der Waals surface area contributed by atoms with Gasteiger partial charge in [0.1, 0.15) is 11.5 Å². The van der Waals surface area contributed by atoms with E-state index in [4.69, 9.17) is 4.74 Å². The highest BCUT2D eigenvalue weighted by atomic mass is 16.5. The third-order valence-electron chi connectivity index (χ3n) is 3.69. The Balaban J connectivity index is 2.07. The van der Waals surface area contributed by atoms with Crippen molar-refractivity contribution < 1.29 is 14.6 Å². The molecule has 1 aliphatic rings. The van der Waals surface area contributed by atoms with Crippen LogP contribution < -0.4 is 15.4 Å². The third-order valence-corrected chi connectivity index (χ3v) is 3.69. The maximum absolute atomic E-state index is 11.9. The second kappa shape index (κ2) is 6.61. The number of nitrogens with one attached hydrogen (secondary N) is 2. The van der Waals surface area contributed by atoms with Crippen LogP contribution >= 0.6 is 0 Å². The Bertz CT molecular complexity index is 476. The number of ether oxygens (including phenoxy) is 1. The number of amides is 1. The normalized spacial score (nSPS) is 20.9. The minimum Gasteiger partial charge on any atom is -0.507 e. The molecule has 1 saturated heterocycles. The molecule has 1 fully saturated rings. The highest BCUT2D eigenvalue weighted by molar-refractivity contribution is 5.82. The minimum atomic E-state index is -0.200. The number of phenols is 1. The van der Waals surface area contributed by atoms with E-state index in [0.29, 0.717) is 5.75 Å². The molecule has 2 rings (SSSR count). The first-order chi connectivity index (χ1) is 9.61. The molecule has 1 amide bonds. The SMILES string of the molecule is COc1ccc(C(C)NC2CCCCNC2=O)c(O)c1. The van der Waals surface area contributed by atoms with Crippen LogP contribution in [-0.4, -0.2) is 30.7 Å². The van der Waals surface area contributed by atoms with Gasteiger partial charge in [0.05, 0.1) is 13.2 Å². The van der Waals surface area contributed by atoms with Crippen molar-refractivity contribution in [2.45, 2.75) is 38.3 Å². The number of aromatic hydroxyl groups is 1. The number of phenolic OH excluding ortho intramolecular Hbond substituents is 1. The summed E-state index contributed by atoms with van der Waals surface area (Å²) in [7, 11) is 1.56. The summed E-state index contributed by atoms with van der Waals surface area (Å²) in [6, 6.07) is 4.91. The van der Waals surface area contributed by atoms with Crippen LogP contribution in [0.2, 0.25) is 0 Å². The van der Waals surface area contributed by atoms with Crippen molar-refractivity contribution in [1.82, 2.24) is 10.6 Å². The lowest BCUT2D eigenvalue weighted by Crippen LogP contribution is -2.43. The van der Waals surface area contributed by atoms with Gasteiger partial charge in [-0.3, -0.25) is 10.1 Å². The fourth-order valence-corrected chi connectivity index (χ4v) is 2.51. The summed E-state index contributed by atoms with van der Waals surface area (Å²) >= 11 is 0. The molecule has 2 atom stereocenters. The number of methoxy groups -OCH3 is 1. The summed E-state index contributed by atoms with van der Waals surface area (Å²) in [5.41, 5.74) is 0.767. The quantitative estimate of drug-likeness (QED) is 0.784. The minimum absolute atomic E-state index is 0.0438. The van der Waals surface area contributed by atoms with Gasteiger partial charge in [-0.25, -0.2) is 0 Å². The Morgan fingerprint density at radius 1 is 1.45 bits per heavy atom. The van der Waals surface area contributed by atoms with Crippen molar-refractivity contribution in [1.29, 1.82) is 0 Å². The predicted molar refractivity (Wildman–Crippen MR) is 76.9 cm³/mol. The monoisotopic (exact) mass is 278 g/mol. The maximum Gasteiger partial charge on any atom is 0.237 e. The van der Waals surface area contributed by atoms with Crippen LogP contribution in [-0.2, 0) is 4.79 Å². The molecule has 20 heavy (non-hydrogen) atoms. The van der Waals surface area contributed by atoms with E-state index in [-0.39, 0.29) is 23.7 Å². The Labute approximate surface area is 119 Å². The summed E-state index contributed by atoms with van der Waals surface area (Å²) < 4.78 is 5.07. The van der Waals surface area contributed by atoms with E-state index in [1.165, 1.54) is 0 Å². The van der Waals surface area contributed by atoms with E-state index < -0.39 is 0 Å². The highest BCUT2D eigenvalue weighted by Crippen LogP contribution is 2.28. The van der Waals surface area contributed by atoms with E-state index in [1.54, 1.807) is 19.2 Å². The Hall–Kier alpha value is -1.75. The topological polar surface area (TPSA) is 70.6 Å². The zero-order chi connectivity index (χ0) is 14.5. The third kappa shape index (κ3) is 3.42. The number of carbonyl (C=O) groups is 1. The van der Waals surface area contributed by atoms with Crippen LogP contribution in [0.1, 0.15) is 37.8 Å². The molecule has 110 valence electrons. The van der Waals surface area contributed by atoms with E-state index in [0.717, 1.165) is 31.4 Å². The zero-order valence-electron chi connectivity index (χ0n) is 12.0. The van der Waals surface area contributed by atoms with Gasteiger partial charge in [-0.1, -0.05) is 6.07 Å². The smallest absolute Gasteiger partial charge is 0.237 e.